The molecule has 9 heteroatoms. The predicted octanol–water partition coefficient (Wildman–Crippen LogP) is 2.55. The number of aromatic nitrogens is 2. The average molecular weight is 306 g/mol. The number of alkyl halides is 2. The maximum absolute atomic E-state index is 12.4. The van der Waals surface area contributed by atoms with Crippen molar-refractivity contribution in [1.29, 1.82) is 0 Å². The molecule has 0 aromatic carbocycles. The van der Waals surface area contributed by atoms with Gasteiger partial charge in [0.05, 0.1) is 0 Å². The van der Waals surface area contributed by atoms with E-state index in [2.05, 4.69) is 10.1 Å². The number of rotatable bonds is 4. The van der Waals surface area contributed by atoms with Crippen LogP contribution in [0, 0.1) is 0 Å². The minimum absolute atomic E-state index is 0.0386. The van der Waals surface area contributed by atoms with Gasteiger partial charge in [0, 0.05) is 6.26 Å². The van der Waals surface area contributed by atoms with E-state index in [4.69, 9.17) is 8.94 Å². The Morgan fingerprint density at radius 1 is 1.30 bits per heavy atom. The molecule has 0 aliphatic heterocycles. The molecule has 0 atom stereocenters. The molecule has 2 heterocycles. The predicted molar refractivity (Wildman–Crippen MR) is 64.8 cm³/mol. The van der Waals surface area contributed by atoms with E-state index in [1.54, 1.807) is 0 Å². The van der Waals surface area contributed by atoms with Crippen LogP contribution in [0.3, 0.4) is 0 Å². The Morgan fingerprint density at radius 2 is 1.95 bits per heavy atom. The number of halogens is 2. The third kappa shape index (κ3) is 2.45. The Bertz CT molecular complexity index is 718. The lowest BCUT2D eigenvalue weighted by Gasteiger charge is -2.17. The third-order valence-electron chi connectivity index (χ3n) is 2.94. The SMILES string of the molecule is CC(C)(c1noc(-c2ccc(C(F)F)o2)n1)S(C)(=O)=O. The van der Waals surface area contributed by atoms with Crippen molar-refractivity contribution in [3.8, 4) is 11.7 Å². The zero-order valence-electron chi connectivity index (χ0n) is 10.9. The summed E-state index contributed by atoms with van der Waals surface area (Å²) >= 11 is 0. The summed E-state index contributed by atoms with van der Waals surface area (Å²) in [5.74, 6) is -0.779. The van der Waals surface area contributed by atoms with E-state index in [0.29, 0.717) is 0 Å². The van der Waals surface area contributed by atoms with Gasteiger partial charge in [-0.25, -0.2) is 17.2 Å². The zero-order valence-corrected chi connectivity index (χ0v) is 11.7. The van der Waals surface area contributed by atoms with Crippen LogP contribution in [0.15, 0.2) is 21.1 Å². The van der Waals surface area contributed by atoms with Gasteiger partial charge in [-0.1, -0.05) is 5.16 Å². The Labute approximate surface area is 113 Å². The van der Waals surface area contributed by atoms with E-state index in [0.717, 1.165) is 12.3 Å². The highest BCUT2D eigenvalue weighted by atomic mass is 32.2. The molecule has 20 heavy (non-hydrogen) atoms. The fourth-order valence-corrected chi connectivity index (χ4v) is 1.73. The summed E-state index contributed by atoms with van der Waals surface area (Å²) < 4.78 is 56.5. The largest absolute Gasteiger partial charge is 0.450 e. The summed E-state index contributed by atoms with van der Waals surface area (Å²) in [5, 5.41) is 3.57. The van der Waals surface area contributed by atoms with Gasteiger partial charge in [-0.3, -0.25) is 0 Å². The smallest absolute Gasteiger partial charge is 0.295 e. The Morgan fingerprint density at radius 3 is 2.45 bits per heavy atom. The van der Waals surface area contributed by atoms with Crippen molar-refractivity contribution in [3.05, 3.63) is 23.7 Å². The van der Waals surface area contributed by atoms with Crippen molar-refractivity contribution in [2.45, 2.75) is 25.0 Å². The molecule has 0 amide bonds. The molecule has 0 aliphatic carbocycles. The normalized spacial score (nSPS) is 13.1. The summed E-state index contributed by atoms with van der Waals surface area (Å²) in [4.78, 5) is 3.90. The van der Waals surface area contributed by atoms with E-state index in [9.17, 15) is 17.2 Å². The van der Waals surface area contributed by atoms with Crippen molar-refractivity contribution >= 4 is 9.84 Å². The molecule has 0 saturated heterocycles. The van der Waals surface area contributed by atoms with Gasteiger partial charge in [-0.2, -0.15) is 4.98 Å². The number of hydrogen-bond donors (Lipinski definition) is 0. The third-order valence-corrected chi connectivity index (χ3v) is 4.98. The van der Waals surface area contributed by atoms with Gasteiger partial charge in [-0.05, 0) is 26.0 Å². The molecule has 0 bridgehead atoms. The monoisotopic (exact) mass is 306 g/mol. The highest BCUT2D eigenvalue weighted by molar-refractivity contribution is 7.91. The Balaban J connectivity index is 2.38. The van der Waals surface area contributed by atoms with E-state index in [-0.39, 0.29) is 17.5 Å². The molecule has 0 unspecified atom stereocenters. The molecular weight excluding hydrogens is 294 g/mol. The van der Waals surface area contributed by atoms with Crippen LogP contribution in [-0.4, -0.2) is 24.8 Å². The maximum atomic E-state index is 12.4. The highest BCUT2D eigenvalue weighted by Gasteiger charge is 2.37. The summed E-state index contributed by atoms with van der Waals surface area (Å²) in [5.41, 5.74) is 0. The van der Waals surface area contributed by atoms with E-state index < -0.39 is 26.8 Å². The fraction of sp³-hybridized carbons (Fsp3) is 0.455. The molecule has 0 spiro atoms. The first kappa shape index (κ1) is 14.6. The molecule has 110 valence electrons. The van der Waals surface area contributed by atoms with Gasteiger partial charge in [0.15, 0.2) is 27.2 Å². The van der Waals surface area contributed by atoms with Gasteiger partial charge in [0.1, 0.15) is 4.75 Å². The van der Waals surface area contributed by atoms with Crippen LogP contribution in [0.5, 0.6) is 0 Å². The Kier molecular flexibility index (Phi) is 3.41. The average Bonchev–Trinajstić information content (AvgIpc) is 2.96. The molecular formula is C11H12F2N2O4S. The van der Waals surface area contributed by atoms with Crippen LogP contribution in [0.4, 0.5) is 8.78 Å². The first-order valence-electron chi connectivity index (χ1n) is 5.55. The number of sulfone groups is 1. The molecule has 2 aromatic heterocycles. The van der Waals surface area contributed by atoms with E-state index in [1.807, 2.05) is 0 Å². The quantitative estimate of drug-likeness (QED) is 0.862. The van der Waals surface area contributed by atoms with Gasteiger partial charge in [0.25, 0.3) is 12.3 Å². The van der Waals surface area contributed by atoms with Crippen LogP contribution in [0.25, 0.3) is 11.7 Å². The van der Waals surface area contributed by atoms with Crippen molar-refractivity contribution < 1.29 is 26.1 Å². The number of nitrogens with zero attached hydrogens (tertiary/aromatic N) is 2. The number of hydrogen-bond acceptors (Lipinski definition) is 6. The van der Waals surface area contributed by atoms with Crippen molar-refractivity contribution in [3.63, 3.8) is 0 Å². The minimum atomic E-state index is -3.47. The Hall–Kier alpha value is -1.77. The molecule has 0 aliphatic rings. The first-order valence-corrected chi connectivity index (χ1v) is 7.44. The standard InChI is InChI=1S/C11H12F2N2O4S/c1-11(2,20(3,16)17)10-14-9(19-15-10)7-5-4-6(18-7)8(12)13/h4-5,8H,1-3H3. The summed E-state index contributed by atoms with van der Waals surface area (Å²) in [7, 11) is -3.47. The lowest BCUT2D eigenvalue weighted by molar-refractivity contribution is 0.122. The summed E-state index contributed by atoms with van der Waals surface area (Å²) in [6.45, 7) is 2.84. The van der Waals surface area contributed by atoms with Crippen LogP contribution in [-0.2, 0) is 14.6 Å². The molecule has 6 nitrogen and oxygen atoms in total. The zero-order chi connectivity index (χ0) is 15.1. The molecule has 0 saturated carbocycles. The highest BCUT2D eigenvalue weighted by Crippen LogP contribution is 2.30. The van der Waals surface area contributed by atoms with Crippen molar-refractivity contribution in [2.24, 2.45) is 0 Å². The van der Waals surface area contributed by atoms with Crippen LogP contribution in [0.2, 0.25) is 0 Å². The van der Waals surface area contributed by atoms with Crippen LogP contribution < -0.4 is 0 Å². The summed E-state index contributed by atoms with van der Waals surface area (Å²) in [6.07, 6.45) is -1.70. The van der Waals surface area contributed by atoms with Crippen LogP contribution >= 0.6 is 0 Å². The second kappa shape index (κ2) is 4.65. The van der Waals surface area contributed by atoms with Crippen molar-refractivity contribution in [2.75, 3.05) is 6.26 Å². The molecule has 2 aromatic rings. The van der Waals surface area contributed by atoms with Gasteiger partial charge in [-0.15, -0.1) is 0 Å². The maximum Gasteiger partial charge on any atom is 0.295 e. The molecule has 0 N–H and O–H groups in total. The lowest BCUT2D eigenvalue weighted by Crippen LogP contribution is -2.29. The molecule has 2 rings (SSSR count). The fourth-order valence-electron chi connectivity index (χ4n) is 1.32. The topological polar surface area (TPSA) is 86.2 Å². The van der Waals surface area contributed by atoms with Gasteiger partial charge >= 0.3 is 0 Å². The molecule has 0 fully saturated rings. The summed E-state index contributed by atoms with van der Waals surface area (Å²) in [6, 6.07) is 2.35. The van der Waals surface area contributed by atoms with Gasteiger partial charge < -0.3 is 8.94 Å². The lowest BCUT2D eigenvalue weighted by atomic mass is 10.2. The van der Waals surface area contributed by atoms with Crippen molar-refractivity contribution in [1.82, 2.24) is 10.1 Å². The van der Waals surface area contributed by atoms with E-state index in [1.165, 1.54) is 19.9 Å². The first-order chi connectivity index (χ1) is 9.13. The van der Waals surface area contributed by atoms with E-state index >= 15 is 0 Å². The second-order valence-corrected chi connectivity index (χ2v) is 7.27. The second-order valence-electron chi connectivity index (χ2n) is 4.71. The molecule has 0 radical (unpaired) electrons. The van der Waals surface area contributed by atoms with Gasteiger partial charge in [0.2, 0.25) is 0 Å². The van der Waals surface area contributed by atoms with Crippen LogP contribution in [0.1, 0.15) is 31.9 Å². The minimum Gasteiger partial charge on any atom is -0.450 e. The number of furan rings is 1.